The van der Waals surface area contributed by atoms with Crippen molar-refractivity contribution in [2.24, 2.45) is 0 Å². The number of carbonyl (C=O) groups is 4. The summed E-state index contributed by atoms with van der Waals surface area (Å²) in [5.74, 6) is -1.60. The number of pyridine rings is 2. The van der Waals surface area contributed by atoms with Crippen molar-refractivity contribution >= 4 is 52.9 Å². The molecule has 0 spiro atoms. The second-order valence-electron chi connectivity index (χ2n) is 14.1. The summed E-state index contributed by atoms with van der Waals surface area (Å²) in [5.41, 5.74) is -0.663. The highest BCUT2D eigenvalue weighted by Gasteiger charge is 2.36. The molecule has 52 heavy (non-hydrogen) atoms. The number of aromatic hydroxyl groups is 1. The maximum atomic E-state index is 13.6. The topological polar surface area (TPSA) is 164 Å². The number of anilines is 1. The van der Waals surface area contributed by atoms with E-state index in [1.54, 1.807) is 14.7 Å². The van der Waals surface area contributed by atoms with Gasteiger partial charge in [0.2, 0.25) is 11.8 Å². The van der Waals surface area contributed by atoms with E-state index < -0.39 is 22.8 Å². The van der Waals surface area contributed by atoms with Gasteiger partial charge in [-0.3, -0.25) is 9.59 Å². The number of likely N-dealkylation sites (tertiary alicyclic amines) is 2. The summed E-state index contributed by atoms with van der Waals surface area (Å²) in [5, 5.41) is 11.4. The van der Waals surface area contributed by atoms with E-state index in [-0.39, 0.29) is 65.4 Å². The summed E-state index contributed by atoms with van der Waals surface area (Å²) >= 11 is 10.7. The van der Waals surface area contributed by atoms with Crippen LogP contribution >= 0.6 is 23.2 Å². The SMILES string of the molecule is CC(C)(C)OC(=O)N1CCC(N2C(=O)COc3ncc(F)cc32)CC1.CC(C)(C)OC(=O)N1CCC(NC(=O)CCl)CC1.Oc1cc(F)cnc1Cl. The van der Waals surface area contributed by atoms with Crippen molar-refractivity contribution in [1.29, 1.82) is 0 Å². The number of piperidine rings is 2. The number of carbonyl (C=O) groups excluding carboxylic acids is 4. The molecule has 0 unspecified atom stereocenters. The molecule has 0 radical (unpaired) electrons. The van der Waals surface area contributed by atoms with Gasteiger partial charge in [0.15, 0.2) is 17.5 Å². The first-order valence-electron chi connectivity index (χ1n) is 16.7. The Balaban J connectivity index is 0.000000235. The summed E-state index contributed by atoms with van der Waals surface area (Å²) in [4.78, 5) is 59.5. The summed E-state index contributed by atoms with van der Waals surface area (Å²) in [6, 6.07) is 2.14. The first kappa shape index (κ1) is 42.2. The van der Waals surface area contributed by atoms with Gasteiger partial charge in [-0.2, -0.15) is 0 Å². The third-order valence-corrected chi connectivity index (χ3v) is 8.10. The van der Waals surface area contributed by atoms with Crippen LogP contribution in [0.15, 0.2) is 24.5 Å². The Bertz CT molecular complexity index is 1560. The van der Waals surface area contributed by atoms with E-state index in [1.807, 2.05) is 41.5 Å². The molecule has 0 bridgehead atoms. The highest BCUT2D eigenvalue weighted by molar-refractivity contribution is 6.30. The number of halogens is 4. The molecule has 3 aliphatic heterocycles. The molecule has 2 aromatic rings. The molecule has 18 heteroatoms. The van der Waals surface area contributed by atoms with Crippen molar-refractivity contribution < 1.29 is 47.3 Å². The Labute approximate surface area is 311 Å². The zero-order valence-electron chi connectivity index (χ0n) is 30.1. The average Bonchev–Trinajstić information content (AvgIpc) is 3.06. The van der Waals surface area contributed by atoms with Gasteiger partial charge >= 0.3 is 12.2 Å². The van der Waals surface area contributed by atoms with Crippen LogP contribution in [0.5, 0.6) is 11.6 Å². The Morgan fingerprint density at radius 3 is 1.88 bits per heavy atom. The summed E-state index contributed by atoms with van der Waals surface area (Å²) < 4.78 is 41.6. The molecule has 14 nitrogen and oxygen atoms in total. The predicted octanol–water partition coefficient (Wildman–Crippen LogP) is 5.67. The van der Waals surface area contributed by atoms with Crippen molar-refractivity contribution in [2.45, 2.75) is 90.5 Å². The highest BCUT2D eigenvalue weighted by atomic mass is 35.5. The van der Waals surface area contributed by atoms with Crippen molar-refractivity contribution in [3.63, 3.8) is 0 Å². The maximum Gasteiger partial charge on any atom is 0.410 e. The normalized spacial score (nSPS) is 16.7. The third kappa shape index (κ3) is 13.4. The minimum Gasteiger partial charge on any atom is -0.505 e. The Morgan fingerprint density at radius 2 is 1.40 bits per heavy atom. The van der Waals surface area contributed by atoms with Crippen LogP contribution in [0.25, 0.3) is 0 Å². The number of hydrogen-bond donors (Lipinski definition) is 2. The standard InChI is InChI=1S/C17H22FN3O4.C12H21ClN2O3.C5H3ClFNO/c1-17(2,3)25-16(23)20-6-4-12(5-7-20)21-13-8-11(18)9-19-15(13)24-10-14(21)22;1-12(2,3)18-11(17)15-6-4-9(5-7-15)14-10(16)8-13;6-5-4(9)1-3(7)2-8-5/h8-9,12H,4-7,10H2,1-3H3;9H,4-8H2,1-3H3,(H,14,16);1-2,9H. The zero-order valence-corrected chi connectivity index (χ0v) is 31.6. The molecule has 0 aromatic carbocycles. The third-order valence-electron chi connectivity index (χ3n) is 7.56. The molecule has 0 saturated carbocycles. The molecule has 288 valence electrons. The van der Waals surface area contributed by atoms with Crippen LogP contribution in [0.2, 0.25) is 5.15 Å². The van der Waals surface area contributed by atoms with Crippen LogP contribution in [0.4, 0.5) is 24.1 Å². The lowest BCUT2D eigenvalue weighted by atomic mass is 10.0. The Morgan fingerprint density at radius 1 is 0.904 bits per heavy atom. The van der Waals surface area contributed by atoms with Crippen molar-refractivity contribution in [1.82, 2.24) is 25.1 Å². The van der Waals surface area contributed by atoms with Crippen LogP contribution in [-0.2, 0) is 19.1 Å². The monoisotopic (exact) mass is 774 g/mol. The van der Waals surface area contributed by atoms with E-state index >= 15 is 0 Å². The number of nitrogens with one attached hydrogen (secondary N) is 1. The molecule has 2 saturated heterocycles. The van der Waals surface area contributed by atoms with E-state index in [0.29, 0.717) is 44.7 Å². The van der Waals surface area contributed by atoms with Gasteiger partial charge in [0.05, 0.1) is 12.4 Å². The fourth-order valence-electron chi connectivity index (χ4n) is 5.28. The largest absolute Gasteiger partial charge is 0.505 e. The van der Waals surface area contributed by atoms with Crippen LogP contribution in [0, 0.1) is 11.6 Å². The van der Waals surface area contributed by atoms with E-state index in [1.165, 1.54) is 6.07 Å². The molecule has 0 atom stereocenters. The lowest BCUT2D eigenvalue weighted by Gasteiger charge is -2.40. The van der Waals surface area contributed by atoms with Gasteiger partial charge in [-0.25, -0.2) is 28.3 Å². The minimum absolute atomic E-state index is 0.0215. The average molecular weight is 776 g/mol. The summed E-state index contributed by atoms with van der Waals surface area (Å²) in [6.07, 6.45) is 4.00. The van der Waals surface area contributed by atoms with Crippen LogP contribution in [0.1, 0.15) is 67.2 Å². The van der Waals surface area contributed by atoms with Crippen molar-refractivity contribution in [2.75, 3.05) is 43.6 Å². The number of ether oxygens (including phenoxy) is 3. The van der Waals surface area contributed by atoms with Crippen LogP contribution in [0.3, 0.4) is 0 Å². The quantitative estimate of drug-likeness (QED) is 0.294. The number of hydrogen-bond acceptors (Lipinski definition) is 10. The molecule has 2 aromatic heterocycles. The molecule has 2 fully saturated rings. The van der Waals surface area contributed by atoms with Crippen LogP contribution in [-0.4, -0.2) is 111 Å². The molecule has 3 aliphatic rings. The van der Waals surface area contributed by atoms with E-state index in [9.17, 15) is 28.0 Å². The lowest BCUT2D eigenvalue weighted by molar-refractivity contribution is -0.122. The van der Waals surface area contributed by atoms with Crippen LogP contribution < -0.4 is 15.0 Å². The van der Waals surface area contributed by atoms with Gasteiger partial charge in [-0.15, -0.1) is 11.6 Å². The first-order valence-corrected chi connectivity index (χ1v) is 17.6. The molecular formula is C34H46Cl2F2N6O8. The number of alkyl halides is 1. The van der Waals surface area contributed by atoms with Gasteiger partial charge in [0.25, 0.3) is 5.91 Å². The predicted molar refractivity (Wildman–Crippen MR) is 189 cm³/mol. The van der Waals surface area contributed by atoms with Gasteiger partial charge < -0.3 is 39.3 Å². The maximum absolute atomic E-state index is 13.6. The number of fused-ring (bicyclic) bond motifs is 1. The summed E-state index contributed by atoms with van der Waals surface area (Å²) in [6.45, 7) is 13.0. The molecule has 4 amide bonds. The molecule has 5 rings (SSSR count). The van der Waals surface area contributed by atoms with Crippen molar-refractivity contribution in [3.8, 4) is 11.6 Å². The smallest absolute Gasteiger partial charge is 0.410 e. The zero-order chi connectivity index (χ0) is 38.8. The van der Waals surface area contributed by atoms with Gasteiger partial charge in [-0.1, -0.05) is 11.6 Å². The first-order chi connectivity index (χ1) is 24.3. The Kier molecular flexibility index (Phi) is 15.1. The molecular weight excluding hydrogens is 729 g/mol. The van der Waals surface area contributed by atoms with Gasteiger partial charge in [-0.05, 0) is 67.2 Å². The van der Waals surface area contributed by atoms with E-state index in [2.05, 4.69) is 15.3 Å². The fraction of sp³-hybridized carbons (Fsp3) is 0.588. The lowest BCUT2D eigenvalue weighted by Crippen LogP contribution is -2.52. The number of nitrogens with zero attached hydrogens (tertiary/aromatic N) is 5. The molecule has 2 N–H and O–H groups in total. The van der Waals surface area contributed by atoms with Gasteiger partial charge in [0.1, 0.15) is 34.4 Å². The minimum atomic E-state index is -0.600. The fourth-order valence-corrected chi connectivity index (χ4v) is 5.46. The second kappa shape index (κ2) is 18.5. The van der Waals surface area contributed by atoms with E-state index in [0.717, 1.165) is 31.3 Å². The van der Waals surface area contributed by atoms with Crippen molar-refractivity contribution in [3.05, 3.63) is 41.3 Å². The molecule has 0 aliphatic carbocycles. The molecule has 5 heterocycles. The summed E-state index contributed by atoms with van der Waals surface area (Å²) in [7, 11) is 0. The van der Waals surface area contributed by atoms with Gasteiger partial charge in [0, 0.05) is 50.4 Å². The van der Waals surface area contributed by atoms with E-state index in [4.69, 9.17) is 42.5 Å². The number of rotatable bonds is 3. The number of aromatic nitrogens is 2. The second-order valence-corrected chi connectivity index (χ2v) is 14.8. The Hall–Kier alpha value is -4.18. The number of amides is 4. The highest BCUT2D eigenvalue weighted by Crippen LogP contribution is 2.34.